The largest absolute Gasteiger partial charge is 0.493 e. The summed E-state index contributed by atoms with van der Waals surface area (Å²) in [7, 11) is 1.62. The maximum atomic E-state index is 11.1. The first kappa shape index (κ1) is 18.7. The zero-order valence-electron chi connectivity index (χ0n) is 14.9. The third kappa shape index (κ3) is 5.47. The second kappa shape index (κ2) is 9.59. The van der Waals surface area contributed by atoms with Crippen LogP contribution in [0.4, 0.5) is 0 Å². The minimum absolute atomic E-state index is 0.0447. The van der Waals surface area contributed by atoms with Crippen LogP contribution in [0.1, 0.15) is 24.8 Å². The monoisotopic (exact) mass is 376 g/mol. The van der Waals surface area contributed by atoms with Crippen LogP contribution in [0.5, 0.6) is 11.5 Å². The molecule has 0 atom stereocenters. The SMILES string of the molecule is COc1cc(C=NN=C2NC(=O)CS2)ccc1OCCN1CCCCC1. The summed E-state index contributed by atoms with van der Waals surface area (Å²) in [6, 6.07) is 5.65. The Morgan fingerprint density at radius 1 is 1.27 bits per heavy atom. The number of hydrogen-bond donors (Lipinski definition) is 1. The summed E-state index contributed by atoms with van der Waals surface area (Å²) in [6.07, 6.45) is 5.52. The number of amidine groups is 1. The molecule has 2 saturated heterocycles. The molecule has 1 amide bonds. The maximum Gasteiger partial charge on any atom is 0.236 e. The van der Waals surface area contributed by atoms with Gasteiger partial charge in [-0.3, -0.25) is 9.69 Å². The Labute approximate surface area is 157 Å². The number of benzene rings is 1. The fourth-order valence-corrected chi connectivity index (χ4v) is 3.51. The molecule has 0 bridgehead atoms. The molecular weight excluding hydrogens is 352 g/mol. The minimum Gasteiger partial charge on any atom is -0.493 e. The molecule has 7 nitrogen and oxygen atoms in total. The first-order valence-electron chi connectivity index (χ1n) is 8.81. The number of likely N-dealkylation sites (tertiary alicyclic amines) is 1. The average Bonchev–Trinajstić information content (AvgIpc) is 3.08. The van der Waals surface area contributed by atoms with E-state index in [1.54, 1.807) is 13.3 Å². The van der Waals surface area contributed by atoms with Gasteiger partial charge in [-0.25, -0.2) is 0 Å². The van der Waals surface area contributed by atoms with E-state index in [9.17, 15) is 4.79 Å². The van der Waals surface area contributed by atoms with Crippen molar-refractivity contribution in [2.75, 3.05) is 39.1 Å². The Bertz CT molecular complexity index is 687. The van der Waals surface area contributed by atoms with Crippen molar-refractivity contribution >= 4 is 29.1 Å². The lowest BCUT2D eigenvalue weighted by atomic mass is 10.1. The molecule has 2 aliphatic rings. The molecule has 0 saturated carbocycles. The number of nitrogens with one attached hydrogen (secondary N) is 1. The van der Waals surface area contributed by atoms with Crippen molar-refractivity contribution in [1.82, 2.24) is 10.2 Å². The molecule has 26 heavy (non-hydrogen) atoms. The lowest BCUT2D eigenvalue weighted by molar-refractivity contribution is -0.116. The van der Waals surface area contributed by atoms with Crippen LogP contribution in [-0.4, -0.2) is 61.3 Å². The molecule has 2 heterocycles. The zero-order valence-corrected chi connectivity index (χ0v) is 15.8. The highest BCUT2D eigenvalue weighted by Gasteiger charge is 2.16. The summed E-state index contributed by atoms with van der Waals surface area (Å²) in [4.78, 5) is 13.5. The molecule has 1 aromatic rings. The van der Waals surface area contributed by atoms with Crippen molar-refractivity contribution in [3.63, 3.8) is 0 Å². The minimum atomic E-state index is -0.0447. The van der Waals surface area contributed by atoms with Gasteiger partial charge in [0.25, 0.3) is 0 Å². The van der Waals surface area contributed by atoms with E-state index in [0.717, 1.165) is 30.9 Å². The second-order valence-corrected chi connectivity index (χ2v) is 7.11. The van der Waals surface area contributed by atoms with Crippen LogP contribution in [0.3, 0.4) is 0 Å². The highest BCUT2D eigenvalue weighted by atomic mass is 32.2. The van der Waals surface area contributed by atoms with Crippen molar-refractivity contribution < 1.29 is 14.3 Å². The Kier molecular flexibility index (Phi) is 6.90. The number of carbonyl (C=O) groups excluding carboxylic acids is 1. The van der Waals surface area contributed by atoms with E-state index < -0.39 is 0 Å². The van der Waals surface area contributed by atoms with Crippen LogP contribution in [0.15, 0.2) is 28.4 Å². The predicted octanol–water partition coefficient (Wildman–Crippen LogP) is 2.11. The van der Waals surface area contributed by atoms with Crippen molar-refractivity contribution in [1.29, 1.82) is 0 Å². The standard InChI is InChI=1S/C18H24N4O3S/c1-24-16-11-14(12-19-21-18-20-17(23)13-26-18)5-6-15(16)25-10-9-22-7-3-2-4-8-22/h5-6,11-12H,2-4,7-10,13H2,1H3,(H,20,21,23). The third-order valence-corrected chi connectivity index (χ3v) is 5.11. The van der Waals surface area contributed by atoms with Crippen LogP contribution < -0.4 is 14.8 Å². The molecule has 8 heteroatoms. The Hall–Kier alpha value is -2.06. The summed E-state index contributed by atoms with van der Waals surface area (Å²) in [5.41, 5.74) is 0.851. The molecule has 0 spiro atoms. The molecule has 3 rings (SSSR count). The molecule has 1 N–H and O–H groups in total. The summed E-state index contributed by atoms with van der Waals surface area (Å²) in [6.45, 7) is 3.91. The molecular formula is C18H24N4O3S. The molecule has 140 valence electrons. The summed E-state index contributed by atoms with van der Waals surface area (Å²) in [5.74, 6) is 1.75. The summed E-state index contributed by atoms with van der Waals surface area (Å²) in [5, 5.41) is 11.2. The van der Waals surface area contributed by atoms with Gasteiger partial charge in [0.05, 0.1) is 19.1 Å². The highest BCUT2D eigenvalue weighted by Crippen LogP contribution is 2.27. The van der Waals surface area contributed by atoms with Gasteiger partial charge >= 0.3 is 0 Å². The van der Waals surface area contributed by atoms with Gasteiger partial charge in [-0.2, -0.15) is 5.10 Å². The number of amides is 1. The van der Waals surface area contributed by atoms with Gasteiger partial charge < -0.3 is 14.8 Å². The Morgan fingerprint density at radius 3 is 2.85 bits per heavy atom. The Morgan fingerprint density at radius 2 is 2.12 bits per heavy atom. The average molecular weight is 376 g/mol. The molecule has 1 aromatic carbocycles. The lowest BCUT2D eigenvalue weighted by Gasteiger charge is -2.26. The van der Waals surface area contributed by atoms with Gasteiger partial charge in [0.2, 0.25) is 5.91 Å². The fraction of sp³-hybridized carbons (Fsp3) is 0.500. The maximum absolute atomic E-state index is 11.1. The van der Waals surface area contributed by atoms with Crippen molar-refractivity contribution in [2.45, 2.75) is 19.3 Å². The van der Waals surface area contributed by atoms with E-state index in [2.05, 4.69) is 20.4 Å². The van der Waals surface area contributed by atoms with Crippen LogP contribution in [0.2, 0.25) is 0 Å². The van der Waals surface area contributed by atoms with Gasteiger partial charge in [0.1, 0.15) is 6.61 Å². The van der Waals surface area contributed by atoms with Crippen molar-refractivity contribution in [3.8, 4) is 11.5 Å². The molecule has 2 fully saturated rings. The Balaban J connectivity index is 1.54. The van der Waals surface area contributed by atoms with Crippen molar-refractivity contribution in [3.05, 3.63) is 23.8 Å². The normalized spacial score (nSPS) is 19.9. The number of thioether (sulfide) groups is 1. The predicted molar refractivity (Wildman–Crippen MR) is 104 cm³/mol. The number of hydrogen-bond acceptors (Lipinski definition) is 7. The number of piperidine rings is 1. The quantitative estimate of drug-likeness (QED) is 0.583. The first-order chi connectivity index (χ1) is 12.7. The number of carbonyl (C=O) groups is 1. The molecule has 2 aliphatic heterocycles. The van der Waals surface area contributed by atoms with E-state index in [0.29, 0.717) is 23.3 Å². The smallest absolute Gasteiger partial charge is 0.236 e. The summed E-state index contributed by atoms with van der Waals surface area (Å²) < 4.78 is 11.3. The van der Waals surface area contributed by atoms with Gasteiger partial charge in [-0.05, 0) is 49.7 Å². The van der Waals surface area contributed by atoms with E-state index in [1.807, 2.05) is 18.2 Å². The topological polar surface area (TPSA) is 75.5 Å². The lowest BCUT2D eigenvalue weighted by Crippen LogP contribution is -2.33. The van der Waals surface area contributed by atoms with Gasteiger partial charge in [0, 0.05) is 6.54 Å². The van der Waals surface area contributed by atoms with Crippen LogP contribution >= 0.6 is 11.8 Å². The number of methoxy groups -OCH3 is 1. The molecule has 0 unspecified atom stereocenters. The highest BCUT2D eigenvalue weighted by molar-refractivity contribution is 8.15. The molecule has 0 radical (unpaired) electrons. The zero-order chi connectivity index (χ0) is 18.2. The number of rotatable bonds is 7. The second-order valence-electron chi connectivity index (χ2n) is 6.15. The van der Waals surface area contributed by atoms with Gasteiger partial charge in [-0.1, -0.05) is 18.2 Å². The number of nitrogens with zero attached hydrogens (tertiary/aromatic N) is 3. The van der Waals surface area contributed by atoms with E-state index in [-0.39, 0.29) is 5.91 Å². The first-order valence-corrected chi connectivity index (χ1v) is 9.80. The van der Waals surface area contributed by atoms with Gasteiger partial charge in [0.15, 0.2) is 16.7 Å². The van der Waals surface area contributed by atoms with E-state index >= 15 is 0 Å². The number of ether oxygens (including phenoxy) is 2. The summed E-state index contributed by atoms with van der Waals surface area (Å²) >= 11 is 1.34. The van der Waals surface area contributed by atoms with Crippen LogP contribution in [-0.2, 0) is 4.79 Å². The van der Waals surface area contributed by atoms with Crippen molar-refractivity contribution in [2.24, 2.45) is 10.2 Å². The van der Waals surface area contributed by atoms with Crippen LogP contribution in [0.25, 0.3) is 0 Å². The van der Waals surface area contributed by atoms with E-state index in [4.69, 9.17) is 9.47 Å². The van der Waals surface area contributed by atoms with Gasteiger partial charge in [-0.15, -0.1) is 5.10 Å². The fourth-order valence-electron chi connectivity index (χ4n) is 2.88. The molecule has 0 aliphatic carbocycles. The third-order valence-electron chi connectivity index (χ3n) is 4.24. The molecule has 0 aromatic heterocycles. The van der Waals surface area contributed by atoms with Crippen LogP contribution in [0, 0.1) is 0 Å². The van der Waals surface area contributed by atoms with E-state index in [1.165, 1.54) is 31.0 Å².